The first-order valence-corrected chi connectivity index (χ1v) is 6.24. The van der Waals surface area contributed by atoms with Crippen molar-refractivity contribution in [1.82, 2.24) is 9.55 Å². The van der Waals surface area contributed by atoms with Crippen molar-refractivity contribution in [2.24, 2.45) is 5.73 Å². The van der Waals surface area contributed by atoms with E-state index < -0.39 is 0 Å². The molecule has 0 fully saturated rings. The monoisotopic (exact) mass is 243 g/mol. The number of ether oxygens (including phenoxy) is 1. The summed E-state index contributed by atoms with van der Waals surface area (Å²) in [6.45, 7) is 2.77. The highest BCUT2D eigenvalue weighted by atomic mass is 16.5. The van der Waals surface area contributed by atoms with Crippen LogP contribution in [0, 0.1) is 0 Å². The Balaban J connectivity index is 1.74. The topological polar surface area (TPSA) is 53.1 Å². The number of imidazole rings is 1. The van der Waals surface area contributed by atoms with Gasteiger partial charge in [0.2, 0.25) is 0 Å². The van der Waals surface area contributed by atoms with Crippen molar-refractivity contribution in [3.8, 4) is 5.75 Å². The SMILES string of the molecule is C[C@@H](N)c1cncn1CC1Cc2ccccc2O1. The summed E-state index contributed by atoms with van der Waals surface area (Å²) in [4.78, 5) is 4.16. The molecule has 0 saturated heterocycles. The van der Waals surface area contributed by atoms with Crippen molar-refractivity contribution >= 4 is 0 Å². The van der Waals surface area contributed by atoms with E-state index in [-0.39, 0.29) is 12.1 Å². The third kappa shape index (κ3) is 1.99. The maximum atomic E-state index is 5.93. The van der Waals surface area contributed by atoms with Crippen LogP contribution in [0.5, 0.6) is 5.75 Å². The maximum absolute atomic E-state index is 5.93. The van der Waals surface area contributed by atoms with Crippen molar-refractivity contribution in [3.05, 3.63) is 48.0 Å². The molecule has 2 heterocycles. The van der Waals surface area contributed by atoms with Crippen molar-refractivity contribution in [3.63, 3.8) is 0 Å². The largest absolute Gasteiger partial charge is 0.488 e. The fraction of sp³-hybridized carbons (Fsp3) is 0.357. The lowest BCUT2D eigenvalue weighted by Crippen LogP contribution is -2.23. The summed E-state index contributed by atoms with van der Waals surface area (Å²) >= 11 is 0. The molecule has 2 aromatic rings. The lowest BCUT2D eigenvalue weighted by Gasteiger charge is -2.15. The Kier molecular flexibility index (Phi) is 2.80. The van der Waals surface area contributed by atoms with Gasteiger partial charge >= 0.3 is 0 Å². The van der Waals surface area contributed by atoms with Crippen LogP contribution in [0.3, 0.4) is 0 Å². The molecule has 0 radical (unpaired) electrons. The first kappa shape index (κ1) is 11.3. The quantitative estimate of drug-likeness (QED) is 0.895. The van der Waals surface area contributed by atoms with E-state index in [1.54, 1.807) is 0 Å². The van der Waals surface area contributed by atoms with Gasteiger partial charge in [0.25, 0.3) is 0 Å². The molecule has 1 aromatic heterocycles. The maximum Gasteiger partial charge on any atom is 0.123 e. The van der Waals surface area contributed by atoms with Gasteiger partial charge in [-0.1, -0.05) is 18.2 Å². The molecule has 3 rings (SSSR count). The number of hydrogen-bond acceptors (Lipinski definition) is 3. The Morgan fingerprint density at radius 1 is 1.50 bits per heavy atom. The van der Waals surface area contributed by atoms with Gasteiger partial charge in [0.15, 0.2) is 0 Å². The zero-order chi connectivity index (χ0) is 12.5. The van der Waals surface area contributed by atoms with Crippen molar-refractivity contribution in [2.45, 2.75) is 32.0 Å². The fourth-order valence-corrected chi connectivity index (χ4v) is 2.44. The van der Waals surface area contributed by atoms with E-state index in [1.165, 1.54) is 5.56 Å². The van der Waals surface area contributed by atoms with Crippen molar-refractivity contribution in [2.75, 3.05) is 0 Å². The average molecular weight is 243 g/mol. The minimum absolute atomic E-state index is 0.00345. The summed E-state index contributed by atoms with van der Waals surface area (Å²) in [5.74, 6) is 1.00. The Morgan fingerprint density at radius 3 is 3.11 bits per heavy atom. The second-order valence-electron chi connectivity index (χ2n) is 4.81. The molecule has 0 amide bonds. The Labute approximate surface area is 106 Å². The molecule has 2 atom stereocenters. The molecule has 4 heteroatoms. The zero-order valence-corrected chi connectivity index (χ0v) is 10.4. The number of aromatic nitrogens is 2. The van der Waals surface area contributed by atoms with Crippen LogP contribution in [0.25, 0.3) is 0 Å². The predicted octanol–water partition coefficient (Wildman–Crippen LogP) is 1.91. The number of nitrogens with two attached hydrogens (primary N) is 1. The number of benzene rings is 1. The van der Waals surface area contributed by atoms with E-state index in [2.05, 4.69) is 21.7 Å². The molecule has 18 heavy (non-hydrogen) atoms. The number of para-hydroxylation sites is 1. The molecule has 0 aliphatic carbocycles. The molecule has 94 valence electrons. The standard InChI is InChI=1S/C14H17N3O/c1-10(15)13-7-16-9-17(13)8-12-6-11-4-2-3-5-14(11)18-12/h2-5,7,9-10,12H,6,8,15H2,1H3/t10-,12?/m1/s1. The highest BCUT2D eigenvalue weighted by Crippen LogP contribution is 2.29. The van der Waals surface area contributed by atoms with Crippen molar-refractivity contribution < 1.29 is 4.74 Å². The Bertz CT molecular complexity index is 522. The molecule has 0 spiro atoms. The highest BCUT2D eigenvalue weighted by Gasteiger charge is 2.23. The van der Waals surface area contributed by atoms with Crippen molar-refractivity contribution in [1.29, 1.82) is 0 Å². The number of hydrogen-bond donors (Lipinski definition) is 1. The van der Waals surface area contributed by atoms with E-state index in [0.717, 1.165) is 24.4 Å². The zero-order valence-electron chi connectivity index (χ0n) is 10.4. The Hall–Kier alpha value is -1.81. The van der Waals surface area contributed by atoms with Crippen LogP contribution in [0.15, 0.2) is 36.8 Å². The molecule has 4 nitrogen and oxygen atoms in total. The third-order valence-electron chi connectivity index (χ3n) is 3.33. The van der Waals surface area contributed by atoms with E-state index in [9.17, 15) is 0 Å². The number of rotatable bonds is 3. The normalized spacial score (nSPS) is 19.3. The molecular weight excluding hydrogens is 226 g/mol. The van der Waals surface area contributed by atoms with Crippen LogP contribution in [0.1, 0.15) is 24.2 Å². The summed E-state index contributed by atoms with van der Waals surface area (Å²) in [5.41, 5.74) is 8.25. The fourth-order valence-electron chi connectivity index (χ4n) is 2.44. The van der Waals surface area contributed by atoms with Gasteiger partial charge in [0, 0.05) is 18.7 Å². The summed E-state index contributed by atoms with van der Waals surface area (Å²) in [5, 5.41) is 0. The lowest BCUT2D eigenvalue weighted by atomic mass is 10.1. The molecule has 0 bridgehead atoms. The van der Waals surface area contributed by atoms with Crippen LogP contribution >= 0.6 is 0 Å². The van der Waals surface area contributed by atoms with E-state index in [0.29, 0.717) is 0 Å². The van der Waals surface area contributed by atoms with E-state index in [4.69, 9.17) is 10.5 Å². The van der Waals surface area contributed by atoms with Gasteiger partial charge in [-0.3, -0.25) is 0 Å². The van der Waals surface area contributed by atoms with Gasteiger partial charge in [-0.25, -0.2) is 4.98 Å². The van der Waals surface area contributed by atoms with Crippen LogP contribution in [-0.4, -0.2) is 15.7 Å². The van der Waals surface area contributed by atoms with Gasteiger partial charge in [-0.05, 0) is 18.6 Å². The van der Waals surface area contributed by atoms with Crippen LogP contribution in [0.4, 0.5) is 0 Å². The first-order chi connectivity index (χ1) is 8.74. The van der Waals surface area contributed by atoms with Gasteiger partial charge in [-0.2, -0.15) is 0 Å². The predicted molar refractivity (Wildman–Crippen MR) is 69.4 cm³/mol. The average Bonchev–Trinajstić information content (AvgIpc) is 2.94. The smallest absolute Gasteiger partial charge is 0.123 e. The molecular formula is C14H17N3O. The Morgan fingerprint density at radius 2 is 2.33 bits per heavy atom. The molecule has 2 N–H and O–H groups in total. The molecule has 1 aliphatic heterocycles. The number of fused-ring (bicyclic) bond motifs is 1. The summed E-state index contributed by atoms with van der Waals surface area (Å²) in [6, 6.07) is 8.20. The minimum atomic E-state index is -0.00345. The minimum Gasteiger partial charge on any atom is -0.488 e. The van der Waals surface area contributed by atoms with Gasteiger partial charge in [0.1, 0.15) is 11.9 Å². The molecule has 1 unspecified atom stereocenters. The van der Waals surface area contributed by atoms with E-state index in [1.807, 2.05) is 31.6 Å². The summed E-state index contributed by atoms with van der Waals surface area (Å²) in [7, 11) is 0. The van der Waals surface area contributed by atoms with Gasteiger partial charge < -0.3 is 15.0 Å². The second-order valence-corrected chi connectivity index (χ2v) is 4.81. The molecule has 1 aromatic carbocycles. The molecule has 0 saturated carbocycles. The third-order valence-corrected chi connectivity index (χ3v) is 3.33. The summed E-state index contributed by atoms with van der Waals surface area (Å²) in [6.07, 6.45) is 4.78. The lowest BCUT2D eigenvalue weighted by molar-refractivity contribution is 0.207. The first-order valence-electron chi connectivity index (χ1n) is 6.24. The second kappa shape index (κ2) is 4.46. The highest BCUT2D eigenvalue weighted by molar-refractivity contribution is 5.37. The van der Waals surface area contributed by atoms with Crippen LogP contribution in [-0.2, 0) is 13.0 Å². The summed E-state index contributed by atoms with van der Waals surface area (Å²) < 4.78 is 8.01. The van der Waals surface area contributed by atoms with Crippen LogP contribution in [0.2, 0.25) is 0 Å². The van der Waals surface area contributed by atoms with Gasteiger partial charge in [-0.15, -0.1) is 0 Å². The molecule has 1 aliphatic rings. The number of nitrogens with zero attached hydrogens (tertiary/aromatic N) is 2. The van der Waals surface area contributed by atoms with E-state index >= 15 is 0 Å². The van der Waals surface area contributed by atoms with Crippen LogP contribution < -0.4 is 10.5 Å². The van der Waals surface area contributed by atoms with Gasteiger partial charge in [0.05, 0.1) is 18.6 Å².